The van der Waals surface area contributed by atoms with Crippen molar-refractivity contribution in [3.05, 3.63) is 71.8 Å². The normalized spacial score (nSPS) is 26.7. The first-order valence-electron chi connectivity index (χ1n) is 16.1. The number of piperidine rings is 2. The van der Waals surface area contributed by atoms with E-state index in [-0.39, 0.29) is 36.2 Å². The number of hydrogen-bond donors (Lipinski definition) is 2. The van der Waals surface area contributed by atoms with E-state index in [1.165, 1.54) is 11.1 Å². The Kier molecular flexibility index (Phi) is 10.1. The molecule has 4 saturated heterocycles. The molecule has 0 aliphatic carbocycles. The highest BCUT2D eigenvalue weighted by molar-refractivity contribution is 5.79. The summed E-state index contributed by atoms with van der Waals surface area (Å²) >= 11 is 0. The molecule has 2 aromatic carbocycles. The maximum atomic E-state index is 12.9. The molecule has 4 fully saturated rings. The van der Waals surface area contributed by atoms with Gasteiger partial charge in [-0.05, 0) is 77.6 Å². The van der Waals surface area contributed by atoms with Crippen molar-refractivity contribution in [2.45, 2.75) is 89.6 Å². The third-order valence-corrected chi connectivity index (χ3v) is 9.25. The summed E-state index contributed by atoms with van der Waals surface area (Å²) in [6, 6.07) is 22.7. The Labute approximate surface area is 252 Å². The molecule has 0 saturated carbocycles. The number of nitrogens with one attached hydrogen (secondary N) is 2. The summed E-state index contributed by atoms with van der Waals surface area (Å²) in [6.45, 7) is 14.1. The highest BCUT2D eigenvalue weighted by atomic mass is 16.2. The average molecular weight is 575 g/mol. The van der Waals surface area contributed by atoms with Gasteiger partial charge in [0.05, 0.1) is 12.1 Å². The van der Waals surface area contributed by atoms with E-state index in [0.717, 1.165) is 65.0 Å². The van der Waals surface area contributed by atoms with E-state index in [0.29, 0.717) is 12.1 Å². The smallest absolute Gasteiger partial charge is 0.318 e. The van der Waals surface area contributed by atoms with Crippen molar-refractivity contribution >= 4 is 12.1 Å². The number of carbonyl (C=O) groups is 2. The lowest BCUT2D eigenvalue weighted by atomic mass is 10.0. The van der Waals surface area contributed by atoms with Crippen LogP contribution in [0.5, 0.6) is 0 Å². The minimum atomic E-state index is 0.181. The predicted octanol–water partition coefficient (Wildman–Crippen LogP) is 5.25. The fourth-order valence-electron chi connectivity index (χ4n) is 7.12. The molecule has 42 heavy (non-hydrogen) atoms. The third-order valence-electron chi connectivity index (χ3n) is 9.25. The van der Waals surface area contributed by atoms with Crippen LogP contribution in [0.15, 0.2) is 60.7 Å². The van der Waals surface area contributed by atoms with E-state index in [2.05, 4.69) is 96.7 Å². The van der Waals surface area contributed by atoms with Crippen molar-refractivity contribution < 1.29 is 9.59 Å². The van der Waals surface area contributed by atoms with Gasteiger partial charge in [0, 0.05) is 50.3 Å². The van der Waals surface area contributed by atoms with E-state index in [4.69, 9.17) is 0 Å². The topological polar surface area (TPSA) is 71.2 Å². The molecule has 228 valence electrons. The molecule has 4 heterocycles. The monoisotopic (exact) mass is 574 g/mol. The van der Waals surface area contributed by atoms with Gasteiger partial charge in [-0.25, -0.2) is 9.59 Å². The summed E-state index contributed by atoms with van der Waals surface area (Å²) in [4.78, 5) is 34.0. The molecule has 4 aliphatic rings. The van der Waals surface area contributed by atoms with Crippen LogP contribution in [0.2, 0.25) is 0 Å². The van der Waals surface area contributed by atoms with Gasteiger partial charge in [0.15, 0.2) is 0 Å². The van der Waals surface area contributed by atoms with Crippen LogP contribution in [-0.4, -0.2) is 95.1 Å². The number of amides is 4. The van der Waals surface area contributed by atoms with E-state index in [1.807, 2.05) is 21.9 Å². The van der Waals surface area contributed by atoms with Crippen molar-refractivity contribution in [2.24, 2.45) is 0 Å². The first kappa shape index (κ1) is 30.4. The molecule has 8 nitrogen and oxygen atoms in total. The molecule has 0 aromatic heterocycles. The van der Waals surface area contributed by atoms with Gasteiger partial charge in [-0.2, -0.15) is 0 Å². The lowest BCUT2D eigenvalue weighted by Gasteiger charge is -2.31. The summed E-state index contributed by atoms with van der Waals surface area (Å²) in [5.74, 6) is 0. The number of nitrogens with zero attached hydrogens (tertiary/aromatic N) is 4. The van der Waals surface area contributed by atoms with Crippen LogP contribution in [0.3, 0.4) is 0 Å². The zero-order valence-corrected chi connectivity index (χ0v) is 25.9. The molecule has 4 atom stereocenters. The molecular formula is C34H50N6O2. The van der Waals surface area contributed by atoms with Gasteiger partial charge >= 0.3 is 12.1 Å². The fraction of sp³-hybridized carbons (Fsp3) is 0.588. The van der Waals surface area contributed by atoms with Gasteiger partial charge in [-0.3, -0.25) is 0 Å². The molecule has 2 aromatic rings. The highest BCUT2D eigenvalue weighted by Crippen LogP contribution is 2.35. The zero-order valence-electron chi connectivity index (χ0n) is 25.9. The molecule has 4 aliphatic heterocycles. The Morgan fingerprint density at radius 2 is 1.00 bits per heavy atom. The van der Waals surface area contributed by atoms with E-state index >= 15 is 0 Å². The Hall–Kier alpha value is -3.10. The van der Waals surface area contributed by atoms with Gasteiger partial charge in [0.2, 0.25) is 0 Å². The Bertz CT molecular complexity index is 1060. The Balaban J connectivity index is 0.000000168. The summed E-state index contributed by atoms with van der Waals surface area (Å²) in [5, 5.41) is 6.84. The average Bonchev–Trinajstić information content (AvgIpc) is 3.56. The van der Waals surface area contributed by atoms with E-state index in [9.17, 15) is 9.59 Å². The Morgan fingerprint density at radius 3 is 1.31 bits per heavy atom. The molecule has 0 bridgehead atoms. The maximum Gasteiger partial charge on any atom is 0.321 e. The summed E-state index contributed by atoms with van der Waals surface area (Å²) in [7, 11) is 0. The quantitative estimate of drug-likeness (QED) is 0.494. The number of benzene rings is 2. The first-order chi connectivity index (χ1) is 20.4. The van der Waals surface area contributed by atoms with Crippen LogP contribution in [-0.2, 0) is 0 Å². The van der Waals surface area contributed by atoms with Gasteiger partial charge in [-0.15, -0.1) is 0 Å². The van der Waals surface area contributed by atoms with Crippen LogP contribution in [0.25, 0.3) is 0 Å². The molecular weight excluding hydrogens is 524 g/mol. The lowest BCUT2D eigenvalue weighted by molar-refractivity contribution is 0.157. The standard InChI is InChI=1S/2C17H25N3O/c2*1-13(2)20-16(14-7-4-3-5-8-14)12-19(17(20)21)15-9-6-10-18-11-15/h2*3-5,7-8,13,15-16,18H,6,9-12H2,1-2H3/t15-,16?;15-,16+/m00/s1. The first-order valence-corrected chi connectivity index (χ1v) is 16.1. The number of hydrogen-bond acceptors (Lipinski definition) is 4. The molecule has 0 radical (unpaired) electrons. The Morgan fingerprint density at radius 1 is 0.619 bits per heavy atom. The minimum absolute atomic E-state index is 0.181. The van der Waals surface area contributed by atoms with Crippen LogP contribution < -0.4 is 10.6 Å². The van der Waals surface area contributed by atoms with Gasteiger partial charge in [-0.1, -0.05) is 60.7 Å². The zero-order chi connectivity index (χ0) is 29.6. The number of rotatable bonds is 6. The van der Waals surface area contributed by atoms with E-state index < -0.39 is 0 Å². The minimum Gasteiger partial charge on any atom is -0.318 e. The van der Waals surface area contributed by atoms with Gasteiger partial charge in [0.1, 0.15) is 0 Å². The van der Waals surface area contributed by atoms with Crippen molar-refractivity contribution in [1.29, 1.82) is 0 Å². The summed E-state index contributed by atoms with van der Waals surface area (Å²) < 4.78 is 0. The van der Waals surface area contributed by atoms with E-state index in [1.54, 1.807) is 0 Å². The predicted molar refractivity (Wildman–Crippen MR) is 168 cm³/mol. The van der Waals surface area contributed by atoms with Crippen LogP contribution in [0, 0.1) is 0 Å². The summed E-state index contributed by atoms with van der Waals surface area (Å²) in [6.07, 6.45) is 4.55. The number of urea groups is 2. The second-order valence-electron chi connectivity index (χ2n) is 12.7. The molecule has 2 N–H and O–H groups in total. The van der Waals surface area contributed by atoms with Gasteiger partial charge < -0.3 is 30.2 Å². The number of carbonyl (C=O) groups excluding carboxylic acids is 2. The highest BCUT2D eigenvalue weighted by Gasteiger charge is 2.43. The molecule has 6 rings (SSSR count). The largest absolute Gasteiger partial charge is 0.321 e. The fourth-order valence-corrected chi connectivity index (χ4v) is 7.12. The van der Waals surface area contributed by atoms with Gasteiger partial charge in [0.25, 0.3) is 0 Å². The van der Waals surface area contributed by atoms with Crippen molar-refractivity contribution in [1.82, 2.24) is 30.2 Å². The maximum absolute atomic E-state index is 12.9. The molecule has 4 amide bonds. The lowest BCUT2D eigenvalue weighted by Crippen LogP contribution is -2.48. The van der Waals surface area contributed by atoms with Crippen LogP contribution >= 0.6 is 0 Å². The molecule has 1 unspecified atom stereocenters. The second-order valence-corrected chi connectivity index (χ2v) is 12.7. The third kappa shape index (κ3) is 6.60. The second kappa shape index (κ2) is 13.9. The van der Waals surface area contributed by atoms with Crippen LogP contribution in [0.4, 0.5) is 9.59 Å². The van der Waals surface area contributed by atoms with Crippen molar-refractivity contribution in [3.63, 3.8) is 0 Å². The SMILES string of the molecule is CC(C)N1C(=O)N([C@H]2CCCNC2)CC1c1ccccc1.CC(C)N1C(=O)N([C@H]2CCCNC2)C[C@@H]1c1ccccc1. The molecule has 0 spiro atoms. The van der Waals surface area contributed by atoms with Crippen molar-refractivity contribution in [2.75, 3.05) is 39.3 Å². The van der Waals surface area contributed by atoms with Crippen molar-refractivity contribution in [3.8, 4) is 0 Å². The molecule has 8 heteroatoms. The van der Waals surface area contributed by atoms with Crippen LogP contribution in [0.1, 0.15) is 76.6 Å². The summed E-state index contributed by atoms with van der Waals surface area (Å²) in [5.41, 5.74) is 2.48.